The van der Waals surface area contributed by atoms with Crippen molar-refractivity contribution in [2.45, 2.75) is 18.3 Å². The predicted octanol–water partition coefficient (Wildman–Crippen LogP) is 5.33. The highest BCUT2D eigenvalue weighted by Crippen LogP contribution is 2.32. The number of hydrogen-bond donors (Lipinski definition) is 0. The Labute approximate surface area is 177 Å². The Balaban J connectivity index is 1.43. The SMILES string of the molecule is O=C(CCSCc1ccccc1Cl)N1CCN(c2cccc(C(F)(F)F)c2)CC1. The van der Waals surface area contributed by atoms with Crippen LogP contribution in [0.25, 0.3) is 0 Å². The summed E-state index contributed by atoms with van der Waals surface area (Å²) in [4.78, 5) is 16.1. The smallest absolute Gasteiger partial charge is 0.368 e. The summed E-state index contributed by atoms with van der Waals surface area (Å²) in [6, 6.07) is 13.0. The molecule has 0 radical (unpaired) electrons. The minimum Gasteiger partial charge on any atom is -0.368 e. The van der Waals surface area contributed by atoms with E-state index < -0.39 is 11.7 Å². The molecule has 0 aliphatic carbocycles. The van der Waals surface area contributed by atoms with Crippen LogP contribution in [0.4, 0.5) is 18.9 Å². The molecule has 29 heavy (non-hydrogen) atoms. The Morgan fingerprint density at radius 1 is 1.03 bits per heavy atom. The number of hydrogen-bond acceptors (Lipinski definition) is 3. The van der Waals surface area contributed by atoms with E-state index in [0.717, 1.165) is 22.4 Å². The van der Waals surface area contributed by atoms with Gasteiger partial charge in [0.25, 0.3) is 0 Å². The number of halogens is 4. The lowest BCUT2D eigenvalue weighted by Gasteiger charge is -2.36. The first kappa shape index (κ1) is 21.8. The summed E-state index contributed by atoms with van der Waals surface area (Å²) in [5.74, 6) is 1.55. The quantitative estimate of drug-likeness (QED) is 0.565. The Morgan fingerprint density at radius 2 is 1.76 bits per heavy atom. The van der Waals surface area contributed by atoms with Crippen molar-refractivity contribution >= 4 is 35.0 Å². The molecule has 0 N–H and O–H groups in total. The number of anilines is 1. The molecule has 2 aromatic rings. The highest BCUT2D eigenvalue weighted by atomic mass is 35.5. The zero-order valence-electron chi connectivity index (χ0n) is 15.8. The third kappa shape index (κ3) is 6.06. The standard InChI is InChI=1S/C21H22ClF3N2OS/c22-19-7-2-1-4-16(19)15-29-13-8-20(28)27-11-9-26(10-12-27)18-6-3-5-17(14-18)21(23,24)25/h1-7,14H,8-13,15H2. The van der Waals surface area contributed by atoms with Gasteiger partial charge in [0.1, 0.15) is 0 Å². The fourth-order valence-electron chi connectivity index (χ4n) is 3.21. The van der Waals surface area contributed by atoms with Crippen molar-refractivity contribution in [1.82, 2.24) is 4.90 Å². The predicted molar refractivity (Wildman–Crippen MR) is 112 cm³/mol. The maximum Gasteiger partial charge on any atom is 0.416 e. The van der Waals surface area contributed by atoms with Crippen molar-refractivity contribution in [3.8, 4) is 0 Å². The van der Waals surface area contributed by atoms with E-state index in [1.165, 1.54) is 12.1 Å². The van der Waals surface area contributed by atoms with Crippen LogP contribution in [0, 0.1) is 0 Å². The average molecular weight is 443 g/mol. The van der Waals surface area contributed by atoms with Gasteiger partial charge < -0.3 is 9.80 Å². The van der Waals surface area contributed by atoms with Crippen molar-refractivity contribution in [2.75, 3.05) is 36.8 Å². The second kappa shape index (κ2) is 9.76. The van der Waals surface area contributed by atoms with Gasteiger partial charge in [0.05, 0.1) is 5.56 Å². The summed E-state index contributed by atoms with van der Waals surface area (Å²) in [7, 11) is 0. The van der Waals surface area contributed by atoms with Crippen LogP contribution in [-0.4, -0.2) is 42.7 Å². The maximum atomic E-state index is 12.9. The van der Waals surface area contributed by atoms with E-state index in [2.05, 4.69) is 0 Å². The molecule has 0 unspecified atom stereocenters. The normalized spacial score (nSPS) is 14.9. The topological polar surface area (TPSA) is 23.6 Å². The summed E-state index contributed by atoms with van der Waals surface area (Å²) in [6.45, 7) is 2.09. The molecule has 0 bridgehead atoms. The monoisotopic (exact) mass is 442 g/mol. The van der Waals surface area contributed by atoms with Crippen molar-refractivity contribution in [3.05, 3.63) is 64.7 Å². The third-order valence-corrected chi connectivity index (χ3v) is 6.22. The molecule has 0 spiro atoms. The Morgan fingerprint density at radius 3 is 2.45 bits per heavy atom. The van der Waals surface area contributed by atoms with Gasteiger partial charge in [0.2, 0.25) is 5.91 Å². The first-order chi connectivity index (χ1) is 13.8. The molecule has 1 aliphatic rings. The van der Waals surface area contributed by atoms with Gasteiger partial charge in [-0.2, -0.15) is 24.9 Å². The van der Waals surface area contributed by atoms with Crippen molar-refractivity contribution < 1.29 is 18.0 Å². The minimum atomic E-state index is -4.35. The number of nitrogens with zero attached hydrogens (tertiary/aromatic N) is 2. The van der Waals surface area contributed by atoms with Crippen LogP contribution in [0.3, 0.4) is 0 Å². The van der Waals surface area contributed by atoms with Crippen LogP contribution in [0.15, 0.2) is 48.5 Å². The van der Waals surface area contributed by atoms with E-state index in [1.807, 2.05) is 29.2 Å². The van der Waals surface area contributed by atoms with Gasteiger partial charge in [-0.1, -0.05) is 35.9 Å². The zero-order valence-corrected chi connectivity index (χ0v) is 17.4. The fourth-order valence-corrected chi connectivity index (χ4v) is 4.42. The molecular weight excluding hydrogens is 421 g/mol. The number of piperazine rings is 1. The lowest BCUT2D eigenvalue weighted by molar-refractivity contribution is -0.137. The molecule has 0 saturated carbocycles. The van der Waals surface area contributed by atoms with Crippen LogP contribution in [0.5, 0.6) is 0 Å². The van der Waals surface area contributed by atoms with Gasteiger partial charge in [-0.15, -0.1) is 0 Å². The number of amides is 1. The number of thioether (sulfide) groups is 1. The number of carbonyl (C=O) groups excluding carboxylic acids is 1. The van der Waals surface area contributed by atoms with Gasteiger partial charge in [0.15, 0.2) is 0 Å². The number of carbonyl (C=O) groups is 1. The van der Waals surface area contributed by atoms with Crippen LogP contribution < -0.4 is 4.90 Å². The van der Waals surface area contributed by atoms with Crippen LogP contribution in [0.2, 0.25) is 5.02 Å². The van der Waals surface area contributed by atoms with Gasteiger partial charge in [-0.05, 0) is 29.8 Å². The summed E-state index contributed by atoms with van der Waals surface area (Å²) in [5, 5.41) is 0.733. The van der Waals surface area contributed by atoms with Crippen molar-refractivity contribution in [1.29, 1.82) is 0 Å². The van der Waals surface area contributed by atoms with Crippen LogP contribution in [0.1, 0.15) is 17.5 Å². The third-order valence-electron chi connectivity index (χ3n) is 4.85. The van der Waals surface area contributed by atoms with Gasteiger partial charge in [0, 0.05) is 54.8 Å². The molecule has 1 aliphatic heterocycles. The second-order valence-electron chi connectivity index (χ2n) is 6.81. The van der Waals surface area contributed by atoms with Crippen LogP contribution >= 0.6 is 23.4 Å². The Hall–Kier alpha value is -1.86. The van der Waals surface area contributed by atoms with Crippen molar-refractivity contribution in [3.63, 3.8) is 0 Å². The Bertz CT molecular complexity index is 839. The maximum absolute atomic E-state index is 12.9. The highest BCUT2D eigenvalue weighted by molar-refractivity contribution is 7.98. The van der Waals surface area contributed by atoms with E-state index in [-0.39, 0.29) is 5.91 Å². The molecule has 1 heterocycles. The van der Waals surface area contributed by atoms with E-state index in [4.69, 9.17) is 11.6 Å². The molecule has 8 heteroatoms. The molecule has 1 saturated heterocycles. The first-order valence-corrected chi connectivity index (χ1v) is 10.9. The van der Waals surface area contributed by atoms with Gasteiger partial charge in [-0.3, -0.25) is 4.79 Å². The minimum absolute atomic E-state index is 0.0837. The lowest BCUT2D eigenvalue weighted by atomic mass is 10.1. The molecule has 1 amide bonds. The summed E-state index contributed by atoms with van der Waals surface area (Å²) < 4.78 is 38.7. The van der Waals surface area contributed by atoms with Gasteiger partial charge in [-0.25, -0.2) is 0 Å². The molecule has 156 valence electrons. The van der Waals surface area contributed by atoms with Crippen molar-refractivity contribution in [2.24, 2.45) is 0 Å². The lowest BCUT2D eigenvalue weighted by Crippen LogP contribution is -2.48. The average Bonchev–Trinajstić information content (AvgIpc) is 2.72. The second-order valence-corrected chi connectivity index (χ2v) is 8.32. The largest absolute Gasteiger partial charge is 0.416 e. The molecule has 2 aromatic carbocycles. The molecule has 0 aromatic heterocycles. The van der Waals surface area contributed by atoms with E-state index in [0.29, 0.717) is 44.0 Å². The highest BCUT2D eigenvalue weighted by Gasteiger charge is 2.31. The number of benzene rings is 2. The summed E-state index contributed by atoms with van der Waals surface area (Å²) in [5.41, 5.74) is 0.951. The Kier molecular flexibility index (Phi) is 7.35. The zero-order chi connectivity index (χ0) is 20.9. The van der Waals surface area contributed by atoms with Gasteiger partial charge >= 0.3 is 6.18 Å². The van der Waals surface area contributed by atoms with E-state index >= 15 is 0 Å². The number of rotatable bonds is 6. The van der Waals surface area contributed by atoms with Crippen LogP contribution in [-0.2, 0) is 16.7 Å². The molecule has 0 atom stereocenters. The summed E-state index contributed by atoms with van der Waals surface area (Å²) in [6.07, 6.45) is -3.91. The summed E-state index contributed by atoms with van der Waals surface area (Å²) >= 11 is 7.80. The molecule has 3 nitrogen and oxygen atoms in total. The molecule has 1 fully saturated rings. The first-order valence-electron chi connectivity index (χ1n) is 9.36. The molecular formula is C21H22ClF3N2OS. The molecule has 3 rings (SSSR count). The fraction of sp³-hybridized carbons (Fsp3) is 0.381. The van der Waals surface area contributed by atoms with E-state index in [9.17, 15) is 18.0 Å². The number of alkyl halides is 3. The van der Waals surface area contributed by atoms with E-state index in [1.54, 1.807) is 22.7 Å².